The molecule has 3 rings (SSSR count). The number of carbonyl (C=O) groups excluding carboxylic acids is 1. The number of aromatic nitrogens is 1. The fraction of sp³-hybridized carbons (Fsp3) is 0.304. The van der Waals surface area contributed by atoms with Gasteiger partial charge in [-0.2, -0.15) is 0 Å². The van der Waals surface area contributed by atoms with Crippen LogP contribution in [0.5, 0.6) is 11.5 Å². The number of thiazole rings is 1. The van der Waals surface area contributed by atoms with Gasteiger partial charge in [0, 0.05) is 31.1 Å². The highest BCUT2D eigenvalue weighted by Crippen LogP contribution is 2.30. The summed E-state index contributed by atoms with van der Waals surface area (Å²) in [6, 6.07) is 14.8. The second kappa shape index (κ2) is 11.5. The van der Waals surface area contributed by atoms with Crippen molar-refractivity contribution >= 4 is 17.2 Å². The lowest BCUT2D eigenvalue weighted by atomic mass is 10.1. The molecule has 1 heterocycles. The first kappa shape index (κ1) is 22.7. The third-order valence-electron chi connectivity index (χ3n) is 4.59. The van der Waals surface area contributed by atoms with Crippen LogP contribution in [0.25, 0.3) is 0 Å². The average Bonchev–Trinajstić information content (AvgIpc) is 3.28. The summed E-state index contributed by atoms with van der Waals surface area (Å²) in [4.78, 5) is 19.0. The fourth-order valence-corrected chi connectivity index (χ4v) is 3.69. The number of benzene rings is 2. The number of rotatable bonds is 11. The number of methoxy groups -OCH3 is 2. The lowest BCUT2D eigenvalue weighted by molar-refractivity contribution is 0.0680. The Hall–Kier alpha value is -2.94. The van der Waals surface area contributed by atoms with Crippen LogP contribution in [0.1, 0.15) is 26.6 Å². The molecule has 0 atom stereocenters. The summed E-state index contributed by atoms with van der Waals surface area (Å²) in [5.74, 6) is 1.11. The smallest absolute Gasteiger partial charge is 0.254 e. The molecule has 3 aromatic rings. The van der Waals surface area contributed by atoms with Crippen molar-refractivity contribution in [2.75, 3.05) is 27.4 Å². The molecule has 2 aromatic carbocycles. The fourth-order valence-electron chi connectivity index (χ4n) is 3.00. The molecule has 0 aliphatic rings. The molecule has 0 fully saturated rings. The molecule has 1 N–H and O–H groups in total. The summed E-state index contributed by atoms with van der Waals surface area (Å²) in [6.45, 7) is 1.48. The predicted molar refractivity (Wildman–Crippen MR) is 118 cm³/mol. The Bertz CT molecular complexity index is 977. The number of aliphatic hydroxyl groups excluding tert-OH is 1. The van der Waals surface area contributed by atoms with Crippen LogP contribution in [-0.4, -0.2) is 48.3 Å². The van der Waals surface area contributed by atoms with E-state index in [1.807, 2.05) is 36.4 Å². The van der Waals surface area contributed by atoms with Crippen LogP contribution in [-0.2, 0) is 24.5 Å². The van der Waals surface area contributed by atoms with Crippen molar-refractivity contribution in [3.63, 3.8) is 0 Å². The molecule has 1 aromatic heterocycles. The number of hydrogen-bond donors (Lipinski definition) is 1. The van der Waals surface area contributed by atoms with Gasteiger partial charge in [-0.25, -0.2) is 4.98 Å². The van der Waals surface area contributed by atoms with Crippen LogP contribution in [0.15, 0.2) is 53.9 Å². The van der Waals surface area contributed by atoms with Crippen LogP contribution in [0.2, 0.25) is 0 Å². The zero-order chi connectivity index (χ0) is 22.1. The van der Waals surface area contributed by atoms with E-state index < -0.39 is 0 Å². The number of amides is 1. The van der Waals surface area contributed by atoms with Gasteiger partial charge in [-0.1, -0.05) is 24.3 Å². The molecule has 0 aliphatic heterocycles. The van der Waals surface area contributed by atoms with Gasteiger partial charge < -0.3 is 24.2 Å². The number of ether oxygens (including phenoxy) is 3. The topological polar surface area (TPSA) is 81.1 Å². The third kappa shape index (κ3) is 6.27. The highest BCUT2D eigenvalue weighted by molar-refractivity contribution is 7.09. The molecular weight excluding hydrogens is 416 g/mol. The van der Waals surface area contributed by atoms with E-state index in [1.165, 1.54) is 11.3 Å². The first-order chi connectivity index (χ1) is 15.1. The first-order valence-corrected chi connectivity index (χ1v) is 10.7. The van der Waals surface area contributed by atoms with Crippen molar-refractivity contribution in [1.29, 1.82) is 0 Å². The van der Waals surface area contributed by atoms with E-state index in [4.69, 9.17) is 19.3 Å². The summed E-state index contributed by atoms with van der Waals surface area (Å²) >= 11 is 1.43. The summed E-state index contributed by atoms with van der Waals surface area (Å²) in [5, 5.41) is 11.7. The second-order valence-corrected chi connectivity index (χ2v) is 7.69. The minimum Gasteiger partial charge on any atom is -0.493 e. The van der Waals surface area contributed by atoms with E-state index in [1.54, 1.807) is 36.6 Å². The molecule has 8 heteroatoms. The molecule has 0 radical (unpaired) electrons. The van der Waals surface area contributed by atoms with Crippen LogP contribution in [0.4, 0.5) is 0 Å². The van der Waals surface area contributed by atoms with Crippen molar-refractivity contribution in [1.82, 2.24) is 9.88 Å². The summed E-state index contributed by atoms with van der Waals surface area (Å²) in [7, 11) is 3.20. The predicted octanol–water partition coefficient (Wildman–Crippen LogP) is 3.51. The van der Waals surface area contributed by atoms with Crippen molar-refractivity contribution in [2.24, 2.45) is 0 Å². The molecule has 1 amide bonds. The van der Waals surface area contributed by atoms with Crippen LogP contribution in [0.3, 0.4) is 0 Å². The van der Waals surface area contributed by atoms with Crippen LogP contribution >= 0.6 is 11.3 Å². The highest BCUT2D eigenvalue weighted by atomic mass is 32.1. The van der Waals surface area contributed by atoms with Gasteiger partial charge in [-0.05, 0) is 29.8 Å². The Labute approximate surface area is 185 Å². The van der Waals surface area contributed by atoms with Crippen LogP contribution < -0.4 is 9.47 Å². The second-order valence-electron chi connectivity index (χ2n) is 6.75. The molecule has 0 bridgehead atoms. The number of hydrogen-bond acceptors (Lipinski definition) is 7. The first-order valence-electron chi connectivity index (χ1n) is 9.81. The van der Waals surface area contributed by atoms with E-state index in [-0.39, 0.29) is 19.1 Å². The molecule has 0 spiro atoms. The Morgan fingerprint density at radius 2 is 1.94 bits per heavy atom. The van der Waals surface area contributed by atoms with E-state index in [0.29, 0.717) is 42.5 Å². The third-order valence-corrected chi connectivity index (χ3v) is 5.46. The Morgan fingerprint density at radius 1 is 1.13 bits per heavy atom. The maximum Gasteiger partial charge on any atom is 0.254 e. The zero-order valence-corrected chi connectivity index (χ0v) is 18.4. The molecule has 0 unspecified atom stereocenters. The van der Waals surface area contributed by atoms with E-state index >= 15 is 0 Å². The molecule has 31 heavy (non-hydrogen) atoms. The van der Waals surface area contributed by atoms with Gasteiger partial charge in [0.25, 0.3) is 5.91 Å². The maximum absolute atomic E-state index is 13.0. The van der Waals surface area contributed by atoms with Gasteiger partial charge in [0.1, 0.15) is 11.6 Å². The molecule has 0 saturated heterocycles. The monoisotopic (exact) mass is 442 g/mol. The Morgan fingerprint density at radius 3 is 2.61 bits per heavy atom. The van der Waals surface area contributed by atoms with Crippen LogP contribution in [0, 0.1) is 0 Å². The largest absolute Gasteiger partial charge is 0.493 e. The quantitative estimate of drug-likeness (QED) is 0.489. The molecule has 0 aliphatic carbocycles. The van der Waals surface area contributed by atoms with Gasteiger partial charge >= 0.3 is 0 Å². The lowest BCUT2D eigenvalue weighted by Gasteiger charge is -2.23. The summed E-state index contributed by atoms with van der Waals surface area (Å²) in [5.41, 5.74) is 2.16. The Balaban J connectivity index is 1.76. The van der Waals surface area contributed by atoms with E-state index in [2.05, 4.69) is 4.98 Å². The van der Waals surface area contributed by atoms with E-state index in [9.17, 15) is 4.79 Å². The van der Waals surface area contributed by atoms with Crippen molar-refractivity contribution in [2.45, 2.75) is 19.8 Å². The standard InChI is InChI=1S/C23H26N2O5S/c1-28-11-10-25(23(27)18-6-4-3-5-7-18)13-17-8-9-20(29-2)21(12-17)30-15-22-24-19(14-26)16-31-22/h3-9,12,16,26H,10-11,13-15H2,1-2H3. The lowest BCUT2D eigenvalue weighted by Crippen LogP contribution is -2.33. The maximum atomic E-state index is 13.0. The van der Waals surface area contributed by atoms with Gasteiger partial charge in [-0.3, -0.25) is 4.79 Å². The summed E-state index contributed by atoms with van der Waals surface area (Å²) in [6.07, 6.45) is 0. The number of carbonyl (C=O) groups is 1. The van der Waals surface area contributed by atoms with Crippen molar-refractivity contribution in [3.05, 3.63) is 75.7 Å². The molecular formula is C23H26N2O5S. The number of aliphatic hydroxyl groups is 1. The van der Waals surface area contributed by atoms with Gasteiger partial charge in [-0.15, -0.1) is 11.3 Å². The zero-order valence-electron chi connectivity index (χ0n) is 17.6. The summed E-state index contributed by atoms with van der Waals surface area (Å²) < 4.78 is 16.5. The average molecular weight is 443 g/mol. The molecule has 0 saturated carbocycles. The minimum absolute atomic E-state index is 0.0599. The normalized spacial score (nSPS) is 10.7. The molecule has 7 nitrogen and oxygen atoms in total. The van der Waals surface area contributed by atoms with Crippen molar-refractivity contribution in [3.8, 4) is 11.5 Å². The number of nitrogens with zero attached hydrogens (tertiary/aromatic N) is 2. The Kier molecular flexibility index (Phi) is 8.40. The van der Waals surface area contributed by atoms with Gasteiger partial charge in [0.05, 0.1) is 26.0 Å². The highest BCUT2D eigenvalue weighted by Gasteiger charge is 2.17. The van der Waals surface area contributed by atoms with Crippen molar-refractivity contribution < 1.29 is 24.1 Å². The van der Waals surface area contributed by atoms with Gasteiger partial charge in [0.15, 0.2) is 11.5 Å². The molecule has 164 valence electrons. The minimum atomic E-state index is -0.0952. The van der Waals surface area contributed by atoms with Gasteiger partial charge in [0.2, 0.25) is 0 Å². The SMILES string of the molecule is COCCN(Cc1ccc(OC)c(OCc2nc(CO)cs2)c1)C(=O)c1ccccc1. The van der Waals surface area contributed by atoms with E-state index in [0.717, 1.165) is 10.6 Å².